The fourth-order valence-electron chi connectivity index (χ4n) is 3.86. The minimum Gasteiger partial charge on any atom is -0.459 e. The van der Waals surface area contributed by atoms with Gasteiger partial charge in [-0.25, -0.2) is 0 Å². The molecular weight excluding hydrogens is 374 g/mol. The number of amides is 2. The molecule has 0 saturated carbocycles. The quantitative estimate of drug-likeness (QED) is 0.734. The summed E-state index contributed by atoms with van der Waals surface area (Å²) in [6.45, 7) is 7.84. The first-order valence-electron chi connectivity index (χ1n) is 10.0. The number of likely N-dealkylation sites (tertiary alicyclic amines) is 1. The highest BCUT2D eigenvalue weighted by Crippen LogP contribution is 2.23. The van der Waals surface area contributed by atoms with E-state index in [1.165, 1.54) is 11.8 Å². The molecule has 152 valence electrons. The highest BCUT2D eigenvalue weighted by molar-refractivity contribution is 7.07. The first-order chi connectivity index (χ1) is 13.6. The Morgan fingerprint density at radius 2 is 2.18 bits per heavy atom. The normalized spacial score (nSPS) is 18.2. The number of rotatable bonds is 8. The maximum absolute atomic E-state index is 12.8. The van der Waals surface area contributed by atoms with Crippen molar-refractivity contribution in [3.05, 3.63) is 46.5 Å². The van der Waals surface area contributed by atoms with Crippen LogP contribution in [-0.4, -0.2) is 54.3 Å². The van der Waals surface area contributed by atoms with E-state index in [1.807, 2.05) is 0 Å². The zero-order valence-corrected chi connectivity index (χ0v) is 17.4. The number of piperidine rings is 1. The third-order valence-electron chi connectivity index (χ3n) is 5.46. The molecule has 3 heterocycles. The van der Waals surface area contributed by atoms with Gasteiger partial charge in [0.2, 0.25) is 5.91 Å². The molecule has 0 aromatic carbocycles. The van der Waals surface area contributed by atoms with Crippen molar-refractivity contribution in [3.8, 4) is 0 Å². The Bertz CT molecular complexity index is 741. The van der Waals surface area contributed by atoms with Crippen LogP contribution >= 0.6 is 11.3 Å². The molecule has 1 aliphatic rings. The average molecular weight is 404 g/mol. The van der Waals surface area contributed by atoms with E-state index >= 15 is 0 Å². The van der Waals surface area contributed by atoms with Gasteiger partial charge in [0, 0.05) is 19.6 Å². The van der Waals surface area contributed by atoms with Crippen LogP contribution in [0.4, 0.5) is 0 Å². The molecule has 2 amide bonds. The first-order valence-corrected chi connectivity index (χ1v) is 10.9. The van der Waals surface area contributed by atoms with Crippen LogP contribution in [0.25, 0.3) is 0 Å². The molecule has 0 radical (unpaired) electrons. The van der Waals surface area contributed by atoms with E-state index in [0.717, 1.165) is 25.9 Å². The Hall–Kier alpha value is -2.12. The highest BCUT2D eigenvalue weighted by Gasteiger charge is 2.30. The molecule has 0 bridgehead atoms. The second kappa shape index (κ2) is 9.89. The lowest BCUT2D eigenvalue weighted by Crippen LogP contribution is -2.47. The maximum Gasteiger partial charge on any atom is 0.289 e. The van der Waals surface area contributed by atoms with Crippen molar-refractivity contribution >= 4 is 23.2 Å². The fourth-order valence-corrected chi connectivity index (χ4v) is 4.57. The lowest BCUT2D eigenvalue weighted by molar-refractivity contribution is -0.126. The number of hydrogen-bond donors (Lipinski definition) is 1. The Morgan fingerprint density at radius 1 is 1.36 bits per heavy atom. The van der Waals surface area contributed by atoms with Crippen LogP contribution in [0.3, 0.4) is 0 Å². The molecule has 0 spiro atoms. The lowest BCUT2D eigenvalue weighted by Gasteiger charge is -2.33. The molecule has 0 aliphatic carbocycles. The Kier molecular flexibility index (Phi) is 7.28. The largest absolute Gasteiger partial charge is 0.459 e. The molecule has 2 atom stereocenters. The van der Waals surface area contributed by atoms with Gasteiger partial charge in [-0.05, 0) is 60.5 Å². The van der Waals surface area contributed by atoms with Crippen molar-refractivity contribution in [2.24, 2.45) is 5.92 Å². The summed E-state index contributed by atoms with van der Waals surface area (Å²) >= 11 is 1.68. The predicted octanol–water partition coefficient (Wildman–Crippen LogP) is 3.39. The molecule has 3 rings (SSSR count). The summed E-state index contributed by atoms with van der Waals surface area (Å²) in [7, 11) is 0. The van der Waals surface area contributed by atoms with Gasteiger partial charge in [-0.1, -0.05) is 13.8 Å². The van der Waals surface area contributed by atoms with Gasteiger partial charge in [0.15, 0.2) is 5.76 Å². The monoisotopic (exact) mass is 403 g/mol. The van der Waals surface area contributed by atoms with Gasteiger partial charge in [-0.3, -0.25) is 14.5 Å². The van der Waals surface area contributed by atoms with Gasteiger partial charge in [-0.2, -0.15) is 11.3 Å². The summed E-state index contributed by atoms with van der Waals surface area (Å²) in [6, 6.07) is 5.68. The van der Waals surface area contributed by atoms with Gasteiger partial charge in [0.25, 0.3) is 5.91 Å². The van der Waals surface area contributed by atoms with Crippen molar-refractivity contribution in [2.45, 2.75) is 32.7 Å². The standard InChI is InChI=1S/C21H29N3O3S/c1-3-23(4-2)18(17-9-12-28-15-17)13-22-20(25)16-7-5-10-24(14-16)21(26)19-8-6-11-27-19/h6,8-9,11-12,15-16,18H,3-5,7,10,13-14H2,1-2H3,(H,22,25)/t16-,18+/m1/s1. The lowest BCUT2D eigenvalue weighted by atomic mass is 9.96. The SMILES string of the molecule is CCN(CC)[C@@H](CNC(=O)[C@@H]1CCCN(C(=O)c2ccco2)C1)c1ccsc1. The van der Waals surface area contributed by atoms with E-state index in [2.05, 4.69) is 40.9 Å². The number of carbonyl (C=O) groups excluding carboxylic acids is 2. The maximum atomic E-state index is 12.8. The number of carbonyl (C=O) groups is 2. The summed E-state index contributed by atoms with van der Waals surface area (Å²) in [4.78, 5) is 29.4. The number of nitrogens with zero attached hydrogens (tertiary/aromatic N) is 2. The molecule has 0 unspecified atom stereocenters. The minimum absolute atomic E-state index is 0.0318. The van der Waals surface area contributed by atoms with E-state index < -0.39 is 0 Å². The molecule has 1 N–H and O–H groups in total. The van der Waals surface area contributed by atoms with E-state index in [0.29, 0.717) is 25.4 Å². The number of hydrogen-bond acceptors (Lipinski definition) is 5. The smallest absolute Gasteiger partial charge is 0.289 e. The van der Waals surface area contributed by atoms with Crippen molar-refractivity contribution < 1.29 is 14.0 Å². The summed E-state index contributed by atoms with van der Waals surface area (Å²) in [5, 5.41) is 7.38. The van der Waals surface area contributed by atoms with Crippen molar-refractivity contribution in [1.82, 2.24) is 15.1 Å². The first kappa shape index (κ1) is 20.6. The van der Waals surface area contributed by atoms with Gasteiger partial charge in [0.05, 0.1) is 18.2 Å². The van der Waals surface area contributed by atoms with Crippen LogP contribution < -0.4 is 5.32 Å². The Balaban J connectivity index is 1.59. The highest BCUT2D eigenvalue weighted by atomic mass is 32.1. The number of furan rings is 1. The minimum atomic E-state index is -0.174. The molecule has 1 aliphatic heterocycles. The third kappa shape index (κ3) is 4.83. The Labute approximate surface area is 170 Å². The topological polar surface area (TPSA) is 65.8 Å². The van der Waals surface area contributed by atoms with Crippen LogP contribution in [0.1, 0.15) is 48.8 Å². The summed E-state index contributed by atoms with van der Waals surface area (Å²) in [5.74, 6) is 0.0544. The number of nitrogens with one attached hydrogen (secondary N) is 1. The molecule has 2 aromatic rings. The van der Waals surface area contributed by atoms with Gasteiger partial charge >= 0.3 is 0 Å². The zero-order chi connectivity index (χ0) is 19.9. The Morgan fingerprint density at radius 3 is 2.82 bits per heavy atom. The summed E-state index contributed by atoms with van der Waals surface area (Å²) in [5.41, 5.74) is 1.24. The van der Waals surface area contributed by atoms with Gasteiger partial charge in [0.1, 0.15) is 0 Å². The van der Waals surface area contributed by atoms with E-state index in [-0.39, 0.29) is 23.8 Å². The molecular formula is C21H29N3O3S. The molecule has 2 aromatic heterocycles. The van der Waals surface area contributed by atoms with Crippen LogP contribution in [0.5, 0.6) is 0 Å². The van der Waals surface area contributed by atoms with Crippen LogP contribution in [-0.2, 0) is 4.79 Å². The zero-order valence-electron chi connectivity index (χ0n) is 16.6. The molecule has 7 heteroatoms. The van der Waals surface area contributed by atoms with Crippen LogP contribution in [0, 0.1) is 5.92 Å². The van der Waals surface area contributed by atoms with E-state index in [4.69, 9.17) is 4.42 Å². The second-order valence-electron chi connectivity index (χ2n) is 7.11. The number of likely N-dealkylation sites (N-methyl/N-ethyl adjacent to an activating group) is 1. The van der Waals surface area contributed by atoms with Crippen molar-refractivity contribution in [1.29, 1.82) is 0 Å². The third-order valence-corrected chi connectivity index (χ3v) is 6.16. The van der Waals surface area contributed by atoms with Gasteiger partial charge in [-0.15, -0.1) is 0 Å². The summed E-state index contributed by atoms with van der Waals surface area (Å²) in [6.07, 6.45) is 3.13. The van der Waals surface area contributed by atoms with Crippen molar-refractivity contribution in [2.75, 3.05) is 32.7 Å². The summed E-state index contributed by atoms with van der Waals surface area (Å²) < 4.78 is 5.22. The molecule has 28 heavy (non-hydrogen) atoms. The van der Waals surface area contributed by atoms with Crippen LogP contribution in [0.15, 0.2) is 39.6 Å². The second-order valence-corrected chi connectivity index (χ2v) is 7.89. The van der Waals surface area contributed by atoms with Gasteiger partial charge < -0.3 is 14.6 Å². The fraction of sp³-hybridized carbons (Fsp3) is 0.524. The van der Waals surface area contributed by atoms with Crippen LogP contribution in [0.2, 0.25) is 0 Å². The molecule has 1 saturated heterocycles. The van der Waals surface area contributed by atoms with Crippen molar-refractivity contribution in [3.63, 3.8) is 0 Å². The predicted molar refractivity (Wildman–Crippen MR) is 110 cm³/mol. The molecule has 1 fully saturated rings. The molecule has 6 nitrogen and oxygen atoms in total. The van der Waals surface area contributed by atoms with E-state index in [9.17, 15) is 9.59 Å². The number of thiophene rings is 1. The van der Waals surface area contributed by atoms with E-state index in [1.54, 1.807) is 28.4 Å². The average Bonchev–Trinajstić information content (AvgIpc) is 3.44.